The number of nitrogens with one attached hydrogen (secondary N) is 1. The molecule has 5 heteroatoms. The van der Waals surface area contributed by atoms with Gasteiger partial charge >= 0.3 is 0 Å². The van der Waals surface area contributed by atoms with Crippen LogP contribution in [-0.4, -0.2) is 45.0 Å². The Morgan fingerprint density at radius 1 is 1.29 bits per heavy atom. The standard InChI is InChI=1S/C12H27N3O2/c1-10(2)17-8-6-5-7-14-12(13)15-11(3)9-16-4/h10-11H,5-9H2,1-4H3,(H3,13,14,15). The highest BCUT2D eigenvalue weighted by Crippen LogP contribution is 1.94. The number of guanidine groups is 1. The Labute approximate surface area is 105 Å². The van der Waals surface area contributed by atoms with Gasteiger partial charge in [0, 0.05) is 26.3 Å². The predicted octanol–water partition coefficient (Wildman–Crippen LogP) is 1.13. The van der Waals surface area contributed by atoms with Crippen LogP contribution in [0.15, 0.2) is 4.99 Å². The zero-order valence-electron chi connectivity index (χ0n) is 11.5. The molecule has 3 N–H and O–H groups in total. The van der Waals surface area contributed by atoms with Gasteiger partial charge in [0.2, 0.25) is 0 Å². The highest BCUT2D eigenvalue weighted by Gasteiger charge is 2.00. The predicted molar refractivity (Wildman–Crippen MR) is 71.3 cm³/mol. The lowest BCUT2D eigenvalue weighted by Gasteiger charge is -2.13. The van der Waals surface area contributed by atoms with Crippen molar-refractivity contribution < 1.29 is 9.47 Å². The topological polar surface area (TPSA) is 68.9 Å². The number of hydrogen-bond donors (Lipinski definition) is 2. The maximum absolute atomic E-state index is 5.72. The Morgan fingerprint density at radius 3 is 2.59 bits per heavy atom. The molecule has 0 aromatic rings. The van der Waals surface area contributed by atoms with Gasteiger partial charge in [0.25, 0.3) is 0 Å². The Bertz CT molecular complexity index is 208. The summed E-state index contributed by atoms with van der Waals surface area (Å²) >= 11 is 0. The monoisotopic (exact) mass is 245 g/mol. The highest BCUT2D eigenvalue weighted by atomic mass is 16.5. The van der Waals surface area contributed by atoms with Crippen molar-refractivity contribution in [3.63, 3.8) is 0 Å². The van der Waals surface area contributed by atoms with Gasteiger partial charge in [-0.15, -0.1) is 0 Å². The fourth-order valence-corrected chi connectivity index (χ4v) is 1.32. The van der Waals surface area contributed by atoms with E-state index in [1.807, 2.05) is 20.8 Å². The largest absolute Gasteiger partial charge is 0.383 e. The van der Waals surface area contributed by atoms with E-state index in [0.717, 1.165) is 26.0 Å². The van der Waals surface area contributed by atoms with E-state index >= 15 is 0 Å². The van der Waals surface area contributed by atoms with Crippen molar-refractivity contribution in [2.24, 2.45) is 10.7 Å². The third kappa shape index (κ3) is 11.5. The molecule has 0 amide bonds. The maximum Gasteiger partial charge on any atom is 0.188 e. The number of methoxy groups -OCH3 is 1. The number of nitrogens with two attached hydrogens (primary N) is 1. The second kappa shape index (κ2) is 10.4. The lowest BCUT2D eigenvalue weighted by atomic mass is 10.3. The SMILES string of the molecule is COCC(C)NC(N)=NCCCCOC(C)C. The normalized spacial score (nSPS) is 14.1. The molecular weight excluding hydrogens is 218 g/mol. The van der Waals surface area contributed by atoms with Crippen molar-refractivity contribution in [1.82, 2.24) is 5.32 Å². The fraction of sp³-hybridized carbons (Fsp3) is 0.917. The Kier molecular flexibility index (Phi) is 9.86. The number of nitrogens with zero attached hydrogens (tertiary/aromatic N) is 1. The molecule has 0 aromatic heterocycles. The van der Waals surface area contributed by atoms with Gasteiger partial charge < -0.3 is 20.5 Å². The van der Waals surface area contributed by atoms with Crippen LogP contribution in [0, 0.1) is 0 Å². The van der Waals surface area contributed by atoms with Crippen LogP contribution >= 0.6 is 0 Å². The van der Waals surface area contributed by atoms with E-state index < -0.39 is 0 Å². The van der Waals surface area contributed by atoms with Gasteiger partial charge in [-0.25, -0.2) is 0 Å². The summed E-state index contributed by atoms with van der Waals surface area (Å²) in [5, 5.41) is 3.06. The molecule has 5 nitrogen and oxygen atoms in total. The van der Waals surface area contributed by atoms with E-state index in [1.54, 1.807) is 7.11 Å². The third-order valence-corrected chi connectivity index (χ3v) is 2.10. The molecule has 0 saturated heterocycles. The molecule has 0 aliphatic heterocycles. The van der Waals surface area contributed by atoms with E-state index in [9.17, 15) is 0 Å². The van der Waals surface area contributed by atoms with Crippen molar-refractivity contribution in [2.45, 2.75) is 45.8 Å². The van der Waals surface area contributed by atoms with Crippen LogP contribution in [0.1, 0.15) is 33.6 Å². The molecule has 0 spiro atoms. The maximum atomic E-state index is 5.72. The molecule has 1 unspecified atom stereocenters. The summed E-state index contributed by atoms with van der Waals surface area (Å²) in [6.45, 7) is 8.23. The molecule has 1 atom stereocenters. The molecule has 0 heterocycles. The van der Waals surface area contributed by atoms with E-state index in [0.29, 0.717) is 18.7 Å². The van der Waals surface area contributed by atoms with E-state index in [-0.39, 0.29) is 6.04 Å². The zero-order valence-corrected chi connectivity index (χ0v) is 11.5. The summed E-state index contributed by atoms with van der Waals surface area (Å²) in [7, 11) is 1.67. The van der Waals surface area contributed by atoms with Crippen molar-refractivity contribution in [2.75, 3.05) is 26.9 Å². The summed E-state index contributed by atoms with van der Waals surface area (Å²) in [5.41, 5.74) is 5.72. The minimum atomic E-state index is 0.188. The van der Waals surface area contributed by atoms with Crippen molar-refractivity contribution >= 4 is 5.96 Å². The number of rotatable bonds is 9. The molecule has 0 bridgehead atoms. The highest BCUT2D eigenvalue weighted by molar-refractivity contribution is 5.78. The van der Waals surface area contributed by atoms with Crippen LogP contribution in [0.25, 0.3) is 0 Å². The van der Waals surface area contributed by atoms with Gasteiger partial charge in [0.05, 0.1) is 12.7 Å². The molecule has 0 aliphatic carbocycles. The van der Waals surface area contributed by atoms with Gasteiger partial charge in [-0.3, -0.25) is 4.99 Å². The molecule has 0 aliphatic rings. The van der Waals surface area contributed by atoms with Crippen molar-refractivity contribution in [1.29, 1.82) is 0 Å². The lowest BCUT2D eigenvalue weighted by Crippen LogP contribution is -2.40. The molecule has 0 rings (SSSR count). The number of unbranched alkanes of at least 4 members (excludes halogenated alkanes) is 1. The quantitative estimate of drug-likeness (QED) is 0.363. The average molecular weight is 245 g/mol. The Hall–Kier alpha value is -0.810. The van der Waals surface area contributed by atoms with Crippen LogP contribution in [0.3, 0.4) is 0 Å². The lowest BCUT2D eigenvalue weighted by molar-refractivity contribution is 0.0763. The number of hydrogen-bond acceptors (Lipinski definition) is 3. The first-order chi connectivity index (χ1) is 8.06. The smallest absolute Gasteiger partial charge is 0.188 e. The summed E-state index contributed by atoms with van der Waals surface area (Å²) in [6, 6.07) is 0.188. The van der Waals surface area contributed by atoms with E-state index in [2.05, 4.69) is 10.3 Å². The van der Waals surface area contributed by atoms with Crippen LogP contribution < -0.4 is 11.1 Å². The Balaban J connectivity index is 3.49. The van der Waals surface area contributed by atoms with Crippen molar-refractivity contribution in [3.8, 4) is 0 Å². The summed E-state index contributed by atoms with van der Waals surface area (Å²) < 4.78 is 10.4. The second-order valence-corrected chi connectivity index (χ2v) is 4.39. The molecule has 0 fully saturated rings. The molecule has 0 saturated carbocycles. The van der Waals surface area contributed by atoms with Crippen LogP contribution in [0.4, 0.5) is 0 Å². The number of ether oxygens (including phenoxy) is 2. The van der Waals surface area contributed by atoms with Crippen LogP contribution in [0.2, 0.25) is 0 Å². The first-order valence-corrected chi connectivity index (χ1v) is 6.23. The van der Waals surface area contributed by atoms with Gasteiger partial charge in [-0.05, 0) is 33.6 Å². The van der Waals surface area contributed by atoms with Gasteiger partial charge in [-0.2, -0.15) is 0 Å². The van der Waals surface area contributed by atoms with E-state index in [4.69, 9.17) is 15.2 Å². The Morgan fingerprint density at radius 2 is 2.00 bits per heavy atom. The van der Waals surface area contributed by atoms with Crippen LogP contribution in [0.5, 0.6) is 0 Å². The minimum Gasteiger partial charge on any atom is -0.383 e. The summed E-state index contributed by atoms with van der Waals surface area (Å²) in [6.07, 6.45) is 2.32. The van der Waals surface area contributed by atoms with Gasteiger partial charge in [-0.1, -0.05) is 0 Å². The van der Waals surface area contributed by atoms with E-state index in [1.165, 1.54) is 0 Å². The third-order valence-electron chi connectivity index (χ3n) is 2.10. The minimum absolute atomic E-state index is 0.188. The zero-order chi connectivity index (χ0) is 13.1. The summed E-state index contributed by atoms with van der Waals surface area (Å²) in [5.74, 6) is 0.485. The molecule has 17 heavy (non-hydrogen) atoms. The first kappa shape index (κ1) is 16.2. The second-order valence-electron chi connectivity index (χ2n) is 4.39. The number of aliphatic imine (C=N–C) groups is 1. The molecule has 0 radical (unpaired) electrons. The average Bonchev–Trinajstić information content (AvgIpc) is 2.23. The van der Waals surface area contributed by atoms with Crippen molar-refractivity contribution in [3.05, 3.63) is 0 Å². The van der Waals surface area contributed by atoms with Crippen LogP contribution in [-0.2, 0) is 9.47 Å². The van der Waals surface area contributed by atoms with Gasteiger partial charge in [0.15, 0.2) is 5.96 Å². The molecule has 0 aromatic carbocycles. The summed E-state index contributed by atoms with van der Waals surface area (Å²) in [4.78, 5) is 4.24. The fourth-order valence-electron chi connectivity index (χ4n) is 1.32. The van der Waals surface area contributed by atoms with Gasteiger partial charge in [0.1, 0.15) is 0 Å². The first-order valence-electron chi connectivity index (χ1n) is 6.23. The molecular formula is C12H27N3O2. The molecule has 102 valence electrons.